The summed E-state index contributed by atoms with van der Waals surface area (Å²) in [7, 11) is -0.889. The molecular formula is C45H52ClN8O6P. The van der Waals surface area contributed by atoms with Gasteiger partial charge in [-0.25, -0.2) is 4.98 Å². The lowest BCUT2D eigenvalue weighted by Crippen LogP contribution is -2.67. The Bertz CT molecular complexity index is 2440. The van der Waals surface area contributed by atoms with Crippen molar-refractivity contribution in [3.63, 3.8) is 0 Å². The standard InChI is InChI=1S/C45H52ClN8O6P/c1-5-27-19-34(49-44-47-23-32(46)41(51-44)48-33-10-6-7-12-39(33)61(3,4)58)38(59-2)20-36(27)52-17-15-28(16-18-52)53-25-45(26-53)21-29(22-45)60-37-11-8-9-30-31(37)24-54(43(30)57)35-13-14-40(55)50-42(35)56/h6-12,19-20,23,28-29,35H,5,13-18,21-22,24-26H2,1-4H3,(H,50,55,56)(H2,47,48,49,51). The first-order valence-corrected chi connectivity index (χ1v) is 24.1. The van der Waals surface area contributed by atoms with Gasteiger partial charge in [0.2, 0.25) is 17.8 Å². The van der Waals surface area contributed by atoms with Crippen molar-refractivity contribution in [2.45, 2.75) is 76.6 Å². The van der Waals surface area contributed by atoms with Gasteiger partial charge in [0.1, 0.15) is 29.7 Å². The van der Waals surface area contributed by atoms with Crippen molar-refractivity contribution < 1.29 is 28.4 Å². The summed E-state index contributed by atoms with van der Waals surface area (Å²) >= 11 is 6.53. The topological polar surface area (TPSA) is 158 Å². The molecule has 1 atom stereocenters. The summed E-state index contributed by atoms with van der Waals surface area (Å²) in [4.78, 5) is 53.4. The Labute approximate surface area is 361 Å². The summed E-state index contributed by atoms with van der Waals surface area (Å²) in [5, 5.41) is 10.1. The highest BCUT2D eigenvalue weighted by atomic mass is 35.5. The van der Waals surface area contributed by atoms with Gasteiger partial charge in [0.25, 0.3) is 5.91 Å². The van der Waals surface area contributed by atoms with Crippen molar-refractivity contribution >= 4 is 70.6 Å². The van der Waals surface area contributed by atoms with Gasteiger partial charge in [0, 0.05) is 72.2 Å². The molecule has 1 spiro atoms. The summed E-state index contributed by atoms with van der Waals surface area (Å²) in [5.41, 5.74) is 5.51. The number of fused-ring (bicyclic) bond motifs is 1. The van der Waals surface area contributed by atoms with E-state index in [1.165, 1.54) is 11.3 Å². The van der Waals surface area contributed by atoms with Gasteiger partial charge in [-0.05, 0) is 87.7 Å². The number of carbonyl (C=O) groups excluding carboxylic acids is 3. The normalized spacial score (nSPS) is 20.5. The second-order valence-electron chi connectivity index (χ2n) is 17.5. The quantitative estimate of drug-likeness (QED) is 0.102. The lowest BCUT2D eigenvalue weighted by molar-refractivity contribution is -0.137. The molecule has 3 N–H and O–H groups in total. The molecule has 61 heavy (non-hydrogen) atoms. The van der Waals surface area contributed by atoms with Gasteiger partial charge in [-0.2, -0.15) is 4.98 Å². The molecule has 3 aromatic carbocycles. The molecule has 4 aromatic rings. The molecule has 4 fully saturated rings. The third-order valence-electron chi connectivity index (χ3n) is 13.1. The molecule has 320 valence electrons. The molecule has 1 aliphatic carbocycles. The molecule has 9 rings (SSSR count). The van der Waals surface area contributed by atoms with E-state index in [1.54, 1.807) is 37.6 Å². The maximum absolute atomic E-state index is 13.3. The van der Waals surface area contributed by atoms with Gasteiger partial charge in [-0.3, -0.25) is 24.6 Å². The molecule has 3 amide bonds. The van der Waals surface area contributed by atoms with E-state index in [0.717, 1.165) is 80.6 Å². The fourth-order valence-electron chi connectivity index (χ4n) is 9.91. The average molecular weight is 867 g/mol. The number of ether oxygens (including phenoxy) is 2. The number of para-hydroxylation sites is 1. The maximum atomic E-state index is 13.3. The minimum atomic E-state index is -2.56. The van der Waals surface area contributed by atoms with E-state index in [-0.39, 0.29) is 29.8 Å². The number of carbonyl (C=O) groups is 3. The third kappa shape index (κ3) is 8.06. The molecule has 14 nitrogen and oxygen atoms in total. The predicted octanol–water partition coefficient (Wildman–Crippen LogP) is 6.71. The third-order valence-corrected chi connectivity index (χ3v) is 14.9. The van der Waals surface area contributed by atoms with Gasteiger partial charge in [-0.1, -0.05) is 36.7 Å². The number of methoxy groups -OCH3 is 1. The Morgan fingerprint density at radius 2 is 1.74 bits per heavy atom. The van der Waals surface area contributed by atoms with Crippen LogP contribution in [-0.2, 0) is 27.1 Å². The predicted molar refractivity (Wildman–Crippen MR) is 237 cm³/mol. The molecule has 1 saturated carbocycles. The number of aryl methyl sites for hydroxylation is 1. The molecule has 0 bridgehead atoms. The van der Waals surface area contributed by atoms with Gasteiger partial charge in [0.05, 0.1) is 37.3 Å². The number of aromatic nitrogens is 2. The number of imide groups is 1. The minimum Gasteiger partial charge on any atom is -0.494 e. The highest BCUT2D eigenvalue weighted by molar-refractivity contribution is 7.70. The molecule has 16 heteroatoms. The maximum Gasteiger partial charge on any atom is 0.255 e. The molecule has 0 radical (unpaired) electrons. The SMILES string of the molecule is CCc1cc(Nc2ncc(Cl)c(Nc3ccccc3P(C)(C)=O)n2)c(OC)cc1N1CCC(N2CC3(CC(Oc4cccc5c4CN(C4CCC(=O)NC4=O)C5=O)C3)C2)CC1. The van der Waals surface area contributed by atoms with Crippen LogP contribution in [0, 0.1) is 5.41 Å². The van der Waals surface area contributed by atoms with E-state index >= 15 is 0 Å². The van der Waals surface area contributed by atoms with Gasteiger partial charge >= 0.3 is 0 Å². The van der Waals surface area contributed by atoms with E-state index < -0.39 is 19.1 Å². The lowest BCUT2D eigenvalue weighted by atomic mass is 9.61. The van der Waals surface area contributed by atoms with E-state index in [4.69, 9.17) is 21.1 Å². The number of piperidine rings is 2. The van der Waals surface area contributed by atoms with Crippen molar-refractivity contribution in [1.29, 1.82) is 0 Å². The van der Waals surface area contributed by atoms with Crippen LogP contribution in [0.25, 0.3) is 0 Å². The Morgan fingerprint density at radius 1 is 0.967 bits per heavy atom. The summed E-state index contributed by atoms with van der Waals surface area (Å²) < 4.78 is 25.4. The average Bonchev–Trinajstić information content (AvgIpc) is 3.55. The molecular weight excluding hydrogens is 815 g/mol. The lowest BCUT2D eigenvalue weighted by Gasteiger charge is -2.61. The van der Waals surface area contributed by atoms with Crippen LogP contribution in [0.15, 0.2) is 60.8 Å². The number of hydrogen-bond donors (Lipinski definition) is 3. The summed E-state index contributed by atoms with van der Waals surface area (Å²) in [6.07, 6.45) is 7.19. The van der Waals surface area contributed by atoms with Crippen LogP contribution < -0.4 is 35.6 Å². The van der Waals surface area contributed by atoms with Crippen molar-refractivity contribution in [2.24, 2.45) is 5.41 Å². The van der Waals surface area contributed by atoms with E-state index in [9.17, 15) is 18.9 Å². The fraction of sp³-hybridized carbons (Fsp3) is 0.444. The monoisotopic (exact) mass is 866 g/mol. The fourth-order valence-corrected chi connectivity index (χ4v) is 11.2. The second-order valence-corrected chi connectivity index (χ2v) is 21.1. The number of amides is 3. The second kappa shape index (κ2) is 16.3. The smallest absolute Gasteiger partial charge is 0.255 e. The molecule has 1 unspecified atom stereocenters. The molecule has 5 heterocycles. The van der Waals surface area contributed by atoms with E-state index in [2.05, 4.69) is 54.8 Å². The zero-order chi connectivity index (χ0) is 42.6. The number of hydrogen-bond acceptors (Lipinski definition) is 12. The Balaban J connectivity index is 0.787. The zero-order valence-corrected chi connectivity index (χ0v) is 36.7. The van der Waals surface area contributed by atoms with Gasteiger partial charge in [0.15, 0.2) is 5.82 Å². The highest BCUT2D eigenvalue weighted by Crippen LogP contribution is 2.52. The van der Waals surface area contributed by atoms with Crippen molar-refractivity contribution in [3.05, 3.63) is 82.5 Å². The number of halogens is 1. The number of benzene rings is 3. The largest absolute Gasteiger partial charge is 0.494 e. The first kappa shape index (κ1) is 41.2. The highest BCUT2D eigenvalue weighted by Gasteiger charge is 2.55. The molecule has 1 aromatic heterocycles. The van der Waals surface area contributed by atoms with Gasteiger partial charge < -0.3 is 34.5 Å². The van der Waals surface area contributed by atoms with Crippen LogP contribution >= 0.6 is 18.7 Å². The van der Waals surface area contributed by atoms with Gasteiger partial charge in [-0.15, -0.1) is 0 Å². The summed E-state index contributed by atoms with van der Waals surface area (Å²) in [6.45, 7) is 10.0. The van der Waals surface area contributed by atoms with Crippen LogP contribution in [0.3, 0.4) is 0 Å². The number of anilines is 5. The summed E-state index contributed by atoms with van der Waals surface area (Å²) in [6, 6.07) is 17.2. The molecule has 4 aliphatic heterocycles. The van der Waals surface area contributed by atoms with Crippen molar-refractivity contribution in [3.8, 4) is 11.5 Å². The van der Waals surface area contributed by atoms with E-state index in [1.807, 2.05) is 36.4 Å². The van der Waals surface area contributed by atoms with Crippen LogP contribution in [0.4, 0.5) is 28.8 Å². The number of likely N-dealkylation sites (tertiary alicyclic amines) is 1. The van der Waals surface area contributed by atoms with E-state index in [0.29, 0.717) is 52.8 Å². The Hall–Kier alpha value is -5.17. The zero-order valence-electron chi connectivity index (χ0n) is 35.0. The number of nitrogens with one attached hydrogen (secondary N) is 3. The summed E-state index contributed by atoms with van der Waals surface area (Å²) in [5.74, 6) is 1.29. The Kier molecular flexibility index (Phi) is 11.0. The minimum absolute atomic E-state index is 0.0981. The first-order chi connectivity index (χ1) is 29.3. The first-order valence-electron chi connectivity index (χ1n) is 21.2. The van der Waals surface area contributed by atoms with Crippen LogP contribution in [0.1, 0.15) is 66.9 Å². The molecule has 5 aliphatic rings. The van der Waals surface area contributed by atoms with Crippen LogP contribution in [-0.4, -0.2) is 102 Å². The Morgan fingerprint density at radius 3 is 2.46 bits per heavy atom. The number of nitrogens with zero attached hydrogens (tertiary/aromatic N) is 5. The van der Waals surface area contributed by atoms with Crippen molar-refractivity contribution in [2.75, 3.05) is 62.2 Å². The number of rotatable bonds is 12. The van der Waals surface area contributed by atoms with Crippen LogP contribution in [0.5, 0.6) is 11.5 Å². The van der Waals surface area contributed by atoms with Crippen molar-refractivity contribution in [1.82, 2.24) is 25.1 Å². The molecule has 3 saturated heterocycles. The van der Waals surface area contributed by atoms with Crippen LogP contribution in [0.2, 0.25) is 5.02 Å².